The van der Waals surface area contributed by atoms with Crippen LogP contribution >= 0.6 is 11.3 Å². The third kappa shape index (κ3) is 4.49. The van der Waals surface area contributed by atoms with Gasteiger partial charge in [0, 0.05) is 32.6 Å². The summed E-state index contributed by atoms with van der Waals surface area (Å²) in [6, 6.07) is 14.7. The fraction of sp³-hybridized carbons (Fsp3) is 0.364. The lowest BCUT2D eigenvalue weighted by Gasteiger charge is -2.34. The first-order chi connectivity index (χ1) is 14.5. The Labute approximate surface area is 181 Å². The second kappa shape index (κ2) is 8.73. The van der Waals surface area contributed by atoms with Crippen LogP contribution < -0.4 is 4.90 Å². The third-order valence-electron chi connectivity index (χ3n) is 5.44. The zero-order valence-corrected chi connectivity index (χ0v) is 18.6. The topological polar surface area (TPSA) is 70.6 Å². The van der Waals surface area contributed by atoms with Gasteiger partial charge in [0.2, 0.25) is 5.91 Å². The van der Waals surface area contributed by atoms with Crippen LogP contribution in [0.1, 0.15) is 18.9 Å². The van der Waals surface area contributed by atoms with Crippen molar-refractivity contribution in [2.45, 2.75) is 24.7 Å². The van der Waals surface area contributed by atoms with Gasteiger partial charge in [0.15, 0.2) is 15.0 Å². The number of sulfone groups is 1. The van der Waals surface area contributed by atoms with Gasteiger partial charge in [-0.05, 0) is 36.2 Å². The van der Waals surface area contributed by atoms with E-state index in [9.17, 15) is 13.2 Å². The molecule has 0 unspecified atom stereocenters. The lowest BCUT2D eigenvalue weighted by atomic mass is 10.2. The molecule has 3 aromatic rings. The third-order valence-corrected chi connectivity index (χ3v) is 8.25. The summed E-state index contributed by atoms with van der Waals surface area (Å²) in [5.74, 6) is -0.265. The molecule has 1 saturated heterocycles. The fourth-order valence-corrected chi connectivity index (χ4v) is 5.92. The van der Waals surface area contributed by atoms with Crippen molar-refractivity contribution in [1.82, 2.24) is 9.88 Å². The summed E-state index contributed by atoms with van der Waals surface area (Å²) in [4.78, 5) is 21.5. The summed E-state index contributed by atoms with van der Waals surface area (Å²) in [7, 11) is -3.43. The van der Waals surface area contributed by atoms with Crippen LogP contribution in [0.2, 0.25) is 0 Å². The van der Waals surface area contributed by atoms with Gasteiger partial charge in [-0.3, -0.25) is 4.79 Å². The molecule has 1 aliphatic heterocycles. The number of hydrogen-bond acceptors (Lipinski definition) is 6. The van der Waals surface area contributed by atoms with Crippen LogP contribution in [0.4, 0.5) is 5.13 Å². The van der Waals surface area contributed by atoms with Crippen molar-refractivity contribution in [1.29, 1.82) is 0 Å². The zero-order chi connectivity index (χ0) is 21.1. The number of rotatable bonds is 6. The van der Waals surface area contributed by atoms with Crippen LogP contribution in [0.15, 0.2) is 53.4 Å². The molecular formula is C22H25N3O3S2. The minimum Gasteiger partial charge on any atom is -0.345 e. The van der Waals surface area contributed by atoms with Crippen LogP contribution in [0.3, 0.4) is 0 Å². The number of hydrogen-bond donors (Lipinski definition) is 0. The zero-order valence-electron chi connectivity index (χ0n) is 17.0. The molecule has 1 fully saturated rings. The normalized spacial score (nSPS) is 15.0. The Morgan fingerprint density at radius 1 is 1.07 bits per heavy atom. The van der Waals surface area contributed by atoms with Crippen LogP contribution in [0, 0.1) is 0 Å². The highest BCUT2D eigenvalue weighted by Crippen LogP contribution is 2.30. The molecule has 1 aliphatic rings. The van der Waals surface area contributed by atoms with Gasteiger partial charge < -0.3 is 9.80 Å². The Morgan fingerprint density at radius 3 is 2.50 bits per heavy atom. The van der Waals surface area contributed by atoms with Crippen LogP contribution in [0.5, 0.6) is 0 Å². The minimum atomic E-state index is -3.43. The molecule has 4 rings (SSSR count). The van der Waals surface area contributed by atoms with Gasteiger partial charge in [-0.2, -0.15) is 0 Å². The summed E-state index contributed by atoms with van der Waals surface area (Å²) >= 11 is 1.69. The first-order valence-corrected chi connectivity index (χ1v) is 12.6. The molecule has 1 amide bonds. The lowest BCUT2D eigenvalue weighted by molar-refractivity contribution is -0.131. The van der Waals surface area contributed by atoms with Gasteiger partial charge in [0.1, 0.15) is 0 Å². The number of carbonyl (C=O) groups excluding carboxylic acids is 1. The Kier molecular flexibility index (Phi) is 6.06. The molecule has 0 saturated carbocycles. The predicted octanol–water partition coefficient (Wildman–Crippen LogP) is 3.37. The van der Waals surface area contributed by atoms with E-state index in [0.717, 1.165) is 17.1 Å². The summed E-state index contributed by atoms with van der Waals surface area (Å²) in [5.41, 5.74) is 2.32. The molecule has 0 N–H and O–H groups in total. The standard InChI is InChI=1S/C22H25N3O3S2/c1-2-17-8-9-19-20(16-17)29-22(23-19)25-13-11-24(12-14-25)21(26)10-15-30(27,28)18-6-4-3-5-7-18/h3-9,16H,2,10-15H2,1H3. The van der Waals surface area contributed by atoms with Gasteiger partial charge in [0.25, 0.3) is 0 Å². The Hall–Kier alpha value is -2.45. The highest BCUT2D eigenvalue weighted by molar-refractivity contribution is 7.91. The first-order valence-electron chi connectivity index (χ1n) is 10.2. The van der Waals surface area contributed by atoms with E-state index in [-0.39, 0.29) is 23.0 Å². The van der Waals surface area contributed by atoms with Crippen molar-refractivity contribution in [2.24, 2.45) is 0 Å². The lowest BCUT2D eigenvalue weighted by Crippen LogP contribution is -2.49. The predicted molar refractivity (Wildman–Crippen MR) is 121 cm³/mol. The molecule has 2 aromatic carbocycles. The molecule has 30 heavy (non-hydrogen) atoms. The summed E-state index contributed by atoms with van der Waals surface area (Å²) in [6.07, 6.45) is 1.02. The Bertz CT molecular complexity index is 1130. The number of fused-ring (bicyclic) bond motifs is 1. The van der Waals surface area contributed by atoms with Crippen molar-refractivity contribution in [3.05, 3.63) is 54.1 Å². The van der Waals surface area contributed by atoms with E-state index in [1.165, 1.54) is 10.3 Å². The largest absolute Gasteiger partial charge is 0.345 e. The van der Waals surface area contributed by atoms with E-state index in [1.54, 1.807) is 46.6 Å². The molecule has 158 valence electrons. The van der Waals surface area contributed by atoms with Gasteiger partial charge in [-0.15, -0.1) is 0 Å². The van der Waals surface area contributed by atoms with Crippen molar-refractivity contribution >= 4 is 42.4 Å². The molecule has 0 atom stereocenters. The van der Waals surface area contributed by atoms with E-state index in [0.29, 0.717) is 26.2 Å². The molecule has 1 aromatic heterocycles. The minimum absolute atomic E-state index is 0.0121. The number of carbonyl (C=O) groups is 1. The van der Waals surface area contributed by atoms with E-state index >= 15 is 0 Å². The number of piperazine rings is 1. The number of nitrogens with zero attached hydrogens (tertiary/aromatic N) is 3. The van der Waals surface area contributed by atoms with Gasteiger partial charge >= 0.3 is 0 Å². The van der Waals surface area contributed by atoms with Crippen molar-refractivity contribution < 1.29 is 13.2 Å². The molecule has 0 bridgehead atoms. The number of thiazole rings is 1. The Balaban J connectivity index is 1.33. The maximum absolute atomic E-state index is 12.6. The van der Waals surface area contributed by atoms with Crippen LogP contribution in [-0.2, 0) is 21.1 Å². The SMILES string of the molecule is CCc1ccc2nc(N3CCN(C(=O)CCS(=O)(=O)c4ccccc4)CC3)sc2c1. The summed E-state index contributed by atoms with van der Waals surface area (Å²) in [6.45, 7) is 4.72. The average molecular weight is 444 g/mol. The smallest absolute Gasteiger partial charge is 0.223 e. The number of anilines is 1. The van der Waals surface area contributed by atoms with Gasteiger partial charge in [-0.25, -0.2) is 13.4 Å². The number of benzene rings is 2. The Morgan fingerprint density at radius 2 is 1.80 bits per heavy atom. The molecule has 8 heteroatoms. The van der Waals surface area contributed by atoms with Crippen molar-refractivity contribution in [3.8, 4) is 0 Å². The van der Waals surface area contributed by atoms with Crippen LogP contribution in [-0.4, -0.2) is 56.1 Å². The van der Waals surface area contributed by atoms with E-state index < -0.39 is 9.84 Å². The highest BCUT2D eigenvalue weighted by Gasteiger charge is 2.25. The summed E-state index contributed by atoms with van der Waals surface area (Å²) < 4.78 is 26.0. The maximum Gasteiger partial charge on any atom is 0.223 e. The van der Waals surface area contributed by atoms with Crippen molar-refractivity contribution in [3.63, 3.8) is 0 Å². The van der Waals surface area contributed by atoms with Gasteiger partial charge in [0.05, 0.1) is 20.9 Å². The average Bonchev–Trinajstić information content (AvgIpc) is 3.21. The monoisotopic (exact) mass is 443 g/mol. The molecule has 6 nitrogen and oxygen atoms in total. The summed E-state index contributed by atoms with van der Waals surface area (Å²) in [5, 5.41) is 0.983. The fourth-order valence-electron chi connectivity index (χ4n) is 3.58. The van der Waals surface area contributed by atoms with E-state index in [2.05, 4.69) is 30.0 Å². The number of aryl methyl sites for hydroxylation is 1. The molecule has 0 radical (unpaired) electrons. The molecule has 0 aliphatic carbocycles. The quantitative estimate of drug-likeness (QED) is 0.584. The molecule has 2 heterocycles. The maximum atomic E-state index is 12.6. The first kappa shape index (κ1) is 20.8. The van der Waals surface area contributed by atoms with E-state index in [4.69, 9.17) is 4.98 Å². The van der Waals surface area contributed by atoms with Gasteiger partial charge in [-0.1, -0.05) is 42.5 Å². The second-order valence-electron chi connectivity index (χ2n) is 7.40. The number of amides is 1. The van der Waals surface area contributed by atoms with Crippen molar-refractivity contribution in [2.75, 3.05) is 36.8 Å². The van der Waals surface area contributed by atoms with E-state index in [1.807, 2.05) is 0 Å². The second-order valence-corrected chi connectivity index (χ2v) is 10.5. The number of aromatic nitrogens is 1. The van der Waals surface area contributed by atoms with Crippen LogP contribution in [0.25, 0.3) is 10.2 Å². The highest BCUT2D eigenvalue weighted by atomic mass is 32.2. The molecular weight excluding hydrogens is 418 g/mol. The molecule has 0 spiro atoms.